The van der Waals surface area contributed by atoms with E-state index < -0.39 is 0 Å². The van der Waals surface area contributed by atoms with E-state index in [0.29, 0.717) is 0 Å². The van der Waals surface area contributed by atoms with Crippen LogP contribution in [0, 0.1) is 0 Å². The summed E-state index contributed by atoms with van der Waals surface area (Å²) in [5.41, 5.74) is 7.16. The molecule has 1 unspecified atom stereocenters. The minimum absolute atomic E-state index is 0.142. The molecule has 0 fully saturated rings. The average molecular weight is 187 g/mol. The first-order valence-corrected chi connectivity index (χ1v) is 4.57. The summed E-state index contributed by atoms with van der Waals surface area (Å²) in [6.45, 7) is 0. The minimum atomic E-state index is -0.142. The highest BCUT2D eigenvalue weighted by atomic mass is 15.1. The summed E-state index contributed by atoms with van der Waals surface area (Å²) >= 11 is 0. The van der Waals surface area contributed by atoms with Gasteiger partial charge in [-0.15, -0.1) is 0 Å². The molecule has 1 heterocycles. The second-order valence-electron chi connectivity index (χ2n) is 3.28. The molecule has 0 aliphatic rings. The van der Waals surface area contributed by atoms with Crippen LogP contribution in [0.15, 0.2) is 42.7 Å². The van der Waals surface area contributed by atoms with Gasteiger partial charge in [0, 0.05) is 19.4 Å². The summed E-state index contributed by atoms with van der Waals surface area (Å²) in [7, 11) is 1.95. The zero-order valence-electron chi connectivity index (χ0n) is 8.09. The summed E-state index contributed by atoms with van der Waals surface area (Å²) in [6.07, 6.45) is 3.66. The largest absolute Gasteiger partial charge is 0.336 e. The van der Waals surface area contributed by atoms with E-state index in [4.69, 9.17) is 5.73 Å². The van der Waals surface area contributed by atoms with Crippen LogP contribution in [0.2, 0.25) is 0 Å². The van der Waals surface area contributed by atoms with Gasteiger partial charge >= 0.3 is 0 Å². The number of rotatable bonds is 2. The third kappa shape index (κ3) is 1.54. The van der Waals surface area contributed by atoms with Gasteiger partial charge in [0.1, 0.15) is 5.82 Å². The third-order valence-corrected chi connectivity index (χ3v) is 2.30. The maximum Gasteiger partial charge on any atom is 0.129 e. The second kappa shape index (κ2) is 3.64. The number of hydrogen-bond acceptors (Lipinski definition) is 2. The number of hydrogen-bond donors (Lipinski definition) is 1. The van der Waals surface area contributed by atoms with Crippen molar-refractivity contribution in [1.82, 2.24) is 9.55 Å². The molecule has 3 nitrogen and oxygen atoms in total. The monoisotopic (exact) mass is 187 g/mol. The molecule has 0 aliphatic heterocycles. The van der Waals surface area contributed by atoms with Crippen molar-refractivity contribution in [3.8, 4) is 0 Å². The molecule has 3 heteroatoms. The molecule has 1 aromatic heterocycles. The number of imidazole rings is 1. The molecule has 1 aromatic carbocycles. The van der Waals surface area contributed by atoms with Crippen molar-refractivity contribution in [1.29, 1.82) is 0 Å². The first kappa shape index (κ1) is 8.97. The predicted octanol–water partition coefficient (Wildman–Crippen LogP) is 1.47. The maximum absolute atomic E-state index is 6.08. The second-order valence-corrected chi connectivity index (χ2v) is 3.28. The molecule has 0 saturated carbocycles. The predicted molar refractivity (Wildman–Crippen MR) is 55.7 cm³/mol. The lowest BCUT2D eigenvalue weighted by atomic mass is 10.1. The standard InChI is InChI=1S/C11H13N3/c1-14-8-7-13-11(14)10(12)9-5-3-2-4-6-9/h2-8,10H,12H2,1H3. The van der Waals surface area contributed by atoms with E-state index in [1.165, 1.54) is 0 Å². The van der Waals surface area contributed by atoms with Crippen molar-refractivity contribution >= 4 is 0 Å². The van der Waals surface area contributed by atoms with Crippen molar-refractivity contribution < 1.29 is 0 Å². The van der Waals surface area contributed by atoms with E-state index in [1.54, 1.807) is 6.20 Å². The SMILES string of the molecule is Cn1ccnc1C(N)c1ccccc1. The van der Waals surface area contributed by atoms with Crippen LogP contribution < -0.4 is 5.73 Å². The zero-order valence-corrected chi connectivity index (χ0v) is 8.09. The lowest BCUT2D eigenvalue weighted by Gasteiger charge is -2.11. The molecule has 0 radical (unpaired) electrons. The van der Waals surface area contributed by atoms with Gasteiger partial charge in [0.05, 0.1) is 6.04 Å². The van der Waals surface area contributed by atoms with Gasteiger partial charge in [-0.3, -0.25) is 0 Å². The molecule has 2 aromatic rings. The Morgan fingerprint density at radius 1 is 1.29 bits per heavy atom. The van der Waals surface area contributed by atoms with Crippen molar-refractivity contribution in [2.75, 3.05) is 0 Å². The van der Waals surface area contributed by atoms with Crippen LogP contribution in [0.3, 0.4) is 0 Å². The number of nitrogens with two attached hydrogens (primary N) is 1. The van der Waals surface area contributed by atoms with Crippen LogP contribution in [-0.4, -0.2) is 9.55 Å². The Hall–Kier alpha value is -1.61. The van der Waals surface area contributed by atoms with Crippen LogP contribution in [0.4, 0.5) is 0 Å². The zero-order chi connectivity index (χ0) is 9.97. The number of benzene rings is 1. The highest BCUT2D eigenvalue weighted by molar-refractivity contribution is 5.24. The molecule has 1 atom stereocenters. The summed E-state index contributed by atoms with van der Waals surface area (Å²) in [5, 5.41) is 0. The Kier molecular flexibility index (Phi) is 2.33. The van der Waals surface area contributed by atoms with Gasteiger partial charge < -0.3 is 10.3 Å². The highest BCUT2D eigenvalue weighted by Crippen LogP contribution is 2.16. The maximum atomic E-state index is 6.08. The molecule has 0 spiro atoms. The van der Waals surface area contributed by atoms with E-state index in [0.717, 1.165) is 11.4 Å². The lowest BCUT2D eigenvalue weighted by molar-refractivity contribution is 0.717. The van der Waals surface area contributed by atoms with Gasteiger partial charge in [-0.2, -0.15) is 0 Å². The molecule has 72 valence electrons. The molecule has 2 N–H and O–H groups in total. The van der Waals surface area contributed by atoms with Gasteiger partial charge in [-0.1, -0.05) is 30.3 Å². The third-order valence-electron chi connectivity index (χ3n) is 2.30. The number of aromatic nitrogens is 2. The van der Waals surface area contributed by atoms with Gasteiger partial charge in [0.15, 0.2) is 0 Å². The average Bonchev–Trinajstić information content (AvgIpc) is 2.65. The smallest absolute Gasteiger partial charge is 0.129 e. The number of nitrogens with zero attached hydrogens (tertiary/aromatic N) is 2. The van der Waals surface area contributed by atoms with Crippen LogP contribution in [-0.2, 0) is 7.05 Å². The van der Waals surface area contributed by atoms with Gasteiger partial charge in [-0.05, 0) is 5.56 Å². The Morgan fingerprint density at radius 2 is 2.00 bits per heavy atom. The van der Waals surface area contributed by atoms with E-state index in [2.05, 4.69) is 4.98 Å². The molecule has 0 saturated heterocycles. The van der Waals surface area contributed by atoms with Crippen molar-refractivity contribution in [3.63, 3.8) is 0 Å². The fourth-order valence-corrected chi connectivity index (χ4v) is 1.49. The first-order chi connectivity index (χ1) is 6.79. The van der Waals surface area contributed by atoms with E-state index in [9.17, 15) is 0 Å². The molecular formula is C11H13N3. The molecular weight excluding hydrogens is 174 g/mol. The van der Waals surface area contributed by atoms with Crippen molar-refractivity contribution in [2.24, 2.45) is 12.8 Å². The summed E-state index contributed by atoms with van der Waals surface area (Å²) in [4.78, 5) is 4.23. The van der Waals surface area contributed by atoms with Crippen molar-refractivity contribution in [3.05, 3.63) is 54.1 Å². The number of aryl methyl sites for hydroxylation is 1. The molecule has 14 heavy (non-hydrogen) atoms. The topological polar surface area (TPSA) is 43.8 Å². The minimum Gasteiger partial charge on any atom is -0.336 e. The lowest BCUT2D eigenvalue weighted by Crippen LogP contribution is -2.16. The van der Waals surface area contributed by atoms with Crippen LogP contribution >= 0.6 is 0 Å². The van der Waals surface area contributed by atoms with Gasteiger partial charge in [0.25, 0.3) is 0 Å². The Balaban J connectivity index is 2.34. The summed E-state index contributed by atoms with van der Waals surface area (Å²) < 4.78 is 1.94. The van der Waals surface area contributed by atoms with Crippen LogP contribution in [0.1, 0.15) is 17.4 Å². The molecule has 2 rings (SSSR count). The molecule has 0 amide bonds. The van der Waals surface area contributed by atoms with E-state index in [-0.39, 0.29) is 6.04 Å². The van der Waals surface area contributed by atoms with Crippen LogP contribution in [0.25, 0.3) is 0 Å². The quantitative estimate of drug-likeness (QED) is 0.773. The molecule has 0 aliphatic carbocycles. The van der Waals surface area contributed by atoms with Crippen LogP contribution in [0.5, 0.6) is 0 Å². The Morgan fingerprint density at radius 3 is 2.57 bits per heavy atom. The Labute approximate surface area is 83.2 Å². The molecule has 0 bridgehead atoms. The van der Waals surface area contributed by atoms with Gasteiger partial charge in [-0.25, -0.2) is 4.98 Å². The van der Waals surface area contributed by atoms with Crippen molar-refractivity contribution in [2.45, 2.75) is 6.04 Å². The summed E-state index contributed by atoms with van der Waals surface area (Å²) in [6, 6.07) is 9.83. The van der Waals surface area contributed by atoms with E-state index in [1.807, 2.05) is 48.1 Å². The normalized spacial score (nSPS) is 12.7. The summed E-state index contributed by atoms with van der Waals surface area (Å²) in [5.74, 6) is 0.885. The fraction of sp³-hybridized carbons (Fsp3) is 0.182. The first-order valence-electron chi connectivity index (χ1n) is 4.57. The Bertz CT molecular complexity index is 405. The van der Waals surface area contributed by atoms with Gasteiger partial charge in [0.2, 0.25) is 0 Å². The van der Waals surface area contributed by atoms with E-state index >= 15 is 0 Å². The highest BCUT2D eigenvalue weighted by Gasteiger charge is 2.11. The fourth-order valence-electron chi connectivity index (χ4n) is 1.49.